The van der Waals surface area contributed by atoms with E-state index in [2.05, 4.69) is 15.5 Å². The van der Waals surface area contributed by atoms with E-state index in [1.54, 1.807) is 24.3 Å². The van der Waals surface area contributed by atoms with E-state index in [0.717, 1.165) is 11.4 Å². The van der Waals surface area contributed by atoms with E-state index in [4.69, 9.17) is 23.2 Å². The second-order valence-electron chi connectivity index (χ2n) is 4.27. The van der Waals surface area contributed by atoms with Crippen LogP contribution in [0.1, 0.15) is 17.0 Å². The number of anilines is 1. The number of nitrogens with one attached hydrogen (secondary N) is 2. The third kappa shape index (κ3) is 3.21. The highest BCUT2D eigenvalue weighted by atomic mass is 35.5. The molecule has 2 aromatic rings. The second kappa shape index (κ2) is 6.11. The van der Waals surface area contributed by atoms with Crippen LogP contribution in [0.25, 0.3) is 6.08 Å². The SMILES string of the molecule is Cc1n[nH]c(C)c1NC(=O)/C=C/c1c(Cl)cccc1Cl. The highest BCUT2D eigenvalue weighted by Gasteiger charge is 2.08. The summed E-state index contributed by atoms with van der Waals surface area (Å²) in [7, 11) is 0. The van der Waals surface area contributed by atoms with Crippen molar-refractivity contribution in [3.8, 4) is 0 Å². The number of rotatable bonds is 3. The zero-order valence-corrected chi connectivity index (χ0v) is 12.5. The number of carbonyl (C=O) groups excluding carboxylic acids is 1. The smallest absolute Gasteiger partial charge is 0.248 e. The molecule has 0 unspecified atom stereocenters. The predicted molar refractivity (Wildman–Crippen MR) is 82.2 cm³/mol. The molecule has 1 heterocycles. The maximum Gasteiger partial charge on any atom is 0.248 e. The van der Waals surface area contributed by atoms with E-state index < -0.39 is 0 Å². The van der Waals surface area contributed by atoms with Crippen molar-refractivity contribution >= 4 is 40.9 Å². The summed E-state index contributed by atoms with van der Waals surface area (Å²) >= 11 is 12.0. The Labute approximate surface area is 126 Å². The maximum absolute atomic E-state index is 11.9. The van der Waals surface area contributed by atoms with Gasteiger partial charge in [0.1, 0.15) is 0 Å². The van der Waals surface area contributed by atoms with E-state index in [1.165, 1.54) is 6.08 Å². The predicted octanol–water partition coefficient (Wildman–Crippen LogP) is 3.99. The lowest BCUT2D eigenvalue weighted by atomic mass is 10.2. The van der Waals surface area contributed by atoms with Crippen LogP contribution in [-0.4, -0.2) is 16.1 Å². The Bertz CT molecular complexity index is 637. The van der Waals surface area contributed by atoms with Gasteiger partial charge >= 0.3 is 0 Å². The van der Waals surface area contributed by atoms with Crippen LogP contribution in [0.3, 0.4) is 0 Å². The van der Waals surface area contributed by atoms with Gasteiger partial charge in [0.25, 0.3) is 0 Å². The molecule has 0 aliphatic heterocycles. The molecule has 1 aromatic heterocycles. The molecule has 1 aromatic carbocycles. The Kier molecular flexibility index (Phi) is 4.47. The van der Waals surface area contributed by atoms with Crippen LogP contribution < -0.4 is 5.32 Å². The molecule has 0 radical (unpaired) electrons. The number of nitrogens with zero attached hydrogens (tertiary/aromatic N) is 1. The van der Waals surface area contributed by atoms with Gasteiger partial charge in [0.2, 0.25) is 5.91 Å². The third-order valence-electron chi connectivity index (χ3n) is 2.78. The Morgan fingerprint density at radius 3 is 2.50 bits per heavy atom. The molecular weight excluding hydrogens is 297 g/mol. The van der Waals surface area contributed by atoms with Gasteiger partial charge in [-0.25, -0.2) is 0 Å². The number of H-pyrrole nitrogens is 1. The number of aromatic nitrogens is 2. The summed E-state index contributed by atoms with van der Waals surface area (Å²) in [6.45, 7) is 3.65. The van der Waals surface area contributed by atoms with Crippen LogP contribution in [0, 0.1) is 13.8 Å². The molecule has 0 aliphatic carbocycles. The summed E-state index contributed by atoms with van der Waals surface area (Å²) in [5, 5.41) is 10.6. The maximum atomic E-state index is 11.9. The summed E-state index contributed by atoms with van der Waals surface area (Å²) in [5.74, 6) is -0.270. The van der Waals surface area contributed by atoms with Gasteiger partial charge in [-0.2, -0.15) is 5.10 Å². The summed E-state index contributed by atoms with van der Waals surface area (Å²) in [5.41, 5.74) is 2.84. The molecule has 0 saturated heterocycles. The molecule has 2 N–H and O–H groups in total. The largest absolute Gasteiger partial charge is 0.319 e. The molecule has 104 valence electrons. The van der Waals surface area contributed by atoms with Crippen molar-refractivity contribution in [1.82, 2.24) is 10.2 Å². The average Bonchev–Trinajstić information content (AvgIpc) is 2.70. The Morgan fingerprint density at radius 1 is 1.30 bits per heavy atom. The zero-order chi connectivity index (χ0) is 14.7. The Hall–Kier alpha value is -1.78. The van der Waals surface area contributed by atoms with Crippen molar-refractivity contribution in [1.29, 1.82) is 0 Å². The average molecular weight is 310 g/mol. The first-order chi connectivity index (χ1) is 9.49. The molecule has 1 amide bonds. The van der Waals surface area contributed by atoms with E-state index >= 15 is 0 Å². The fraction of sp³-hybridized carbons (Fsp3) is 0.143. The van der Waals surface area contributed by atoms with Gasteiger partial charge in [0, 0.05) is 21.7 Å². The highest BCUT2D eigenvalue weighted by Crippen LogP contribution is 2.25. The normalized spacial score (nSPS) is 11.0. The Morgan fingerprint density at radius 2 is 1.95 bits per heavy atom. The molecule has 2 rings (SSSR count). The van der Waals surface area contributed by atoms with Crippen LogP contribution in [0.5, 0.6) is 0 Å². The number of aryl methyl sites for hydroxylation is 2. The second-order valence-corrected chi connectivity index (χ2v) is 5.08. The van der Waals surface area contributed by atoms with Crippen LogP contribution in [0.4, 0.5) is 5.69 Å². The topological polar surface area (TPSA) is 57.8 Å². The highest BCUT2D eigenvalue weighted by molar-refractivity contribution is 6.37. The van der Waals surface area contributed by atoms with Gasteiger partial charge in [0.05, 0.1) is 17.1 Å². The van der Waals surface area contributed by atoms with E-state index in [1.807, 2.05) is 13.8 Å². The Balaban J connectivity index is 2.14. The van der Waals surface area contributed by atoms with Gasteiger partial charge < -0.3 is 5.32 Å². The molecule has 4 nitrogen and oxygen atoms in total. The number of carbonyl (C=O) groups is 1. The van der Waals surface area contributed by atoms with Gasteiger partial charge in [-0.05, 0) is 32.1 Å². The number of hydrogen-bond acceptors (Lipinski definition) is 2. The quantitative estimate of drug-likeness (QED) is 0.842. The van der Waals surface area contributed by atoms with Gasteiger partial charge in [-0.3, -0.25) is 9.89 Å². The minimum atomic E-state index is -0.270. The van der Waals surface area contributed by atoms with E-state index in [0.29, 0.717) is 21.3 Å². The minimum Gasteiger partial charge on any atom is -0.319 e. The summed E-state index contributed by atoms with van der Waals surface area (Å²) in [4.78, 5) is 11.9. The van der Waals surface area contributed by atoms with Crippen LogP contribution >= 0.6 is 23.2 Å². The first-order valence-electron chi connectivity index (χ1n) is 5.93. The monoisotopic (exact) mass is 309 g/mol. The fourth-order valence-corrected chi connectivity index (χ4v) is 2.25. The van der Waals surface area contributed by atoms with Crippen LogP contribution in [0.2, 0.25) is 10.0 Å². The zero-order valence-electron chi connectivity index (χ0n) is 11.0. The number of benzene rings is 1. The van der Waals surface area contributed by atoms with Gasteiger partial charge in [0.15, 0.2) is 0 Å². The van der Waals surface area contributed by atoms with E-state index in [9.17, 15) is 4.79 Å². The number of aromatic amines is 1. The van der Waals surface area contributed by atoms with Crippen molar-refractivity contribution in [3.05, 3.63) is 51.3 Å². The minimum absolute atomic E-state index is 0.270. The standard InChI is InChI=1S/C14H13Cl2N3O/c1-8-14(9(2)19-18-8)17-13(20)7-6-10-11(15)4-3-5-12(10)16/h3-7H,1-2H3,(H,17,20)(H,18,19)/b7-6+. The molecule has 0 fully saturated rings. The molecule has 0 atom stereocenters. The van der Waals surface area contributed by atoms with Crippen molar-refractivity contribution in [2.45, 2.75) is 13.8 Å². The lowest BCUT2D eigenvalue weighted by Gasteiger charge is -2.03. The summed E-state index contributed by atoms with van der Waals surface area (Å²) < 4.78 is 0. The van der Waals surface area contributed by atoms with Crippen molar-refractivity contribution < 1.29 is 4.79 Å². The molecule has 0 spiro atoms. The molecule has 20 heavy (non-hydrogen) atoms. The number of amides is 1. The van der Waals surface area contributed by atoms with E-state index in [-0.39, 0.29) is 5.91 Å². The van der Waals surface area contributed by atoms with Gasteiger partial charge in [-0.15, -0.1) is 0 Å². The lowest BCUT2D eigenvalue weighted by Crippen LogP contribution is -2.09. The van der Waals surface area contributed by atoms with Crippen LogP contribution in [0.15, 0.2) is 24.3 Å². The summed E-state index contributed by atoms with van der Waals surface area (Å²) in [6, 6.07) is 5.19. The molecule has 0 aliphatic rings. The first kappa shape index (κ1) is 14.6. The lowest BCUT2D eigenvalue weighted by molar-refractivity contribution is -0.111. The molecular formula is C14H13Cl2N3O. The molecule has 0 saturated carbocycles. The van der Waals surface area contributed by atoms with Gasteiger partial charge in [-0.1, -0.05) is 29.3 Å². The van der Waals surface area contributed by atoms with Crippen LogP contribution in [-0.2, 0) is 4.79 Å². The van der Waals surface area contributed by atoms with Crippen molar-refractivity contribution in [2.24, 2.45) is 0 Å². The first-order valence-corrected chi connectivity index (χ1v) is 6.69. The number of halogens is 2. The third-order valence-corrected chi connectivity index (χ3v) is 3.44. The fourth-order valence-electron chi connectivity index (χ4n) is 1.73. The summed E-state index contributed by atoms with van der Waals surface area (Å²) in [6.07, 6.45) is 2.98. The van der Waals surface area contributed by atoms with Crippen molar-refractivity contribution in [3.63, 3.8) is 0 Å². The molecule has 0 bridgehead atoms. The molecule has 6 heteroatoms. The number of hydrogen-bond donors (Lipinski definition) is 2. The van der Waals surface area contributed by atoms with Crippen molar-refractivity contribution in [2.75, 3.05) is 5.32 Å².